The van der Waals surface area contributed by atoms with Gasteiger partial charge in [0, 0.05) is 31.7 Å². The molecule has 8 rings (SSSR count). The van der Waals surface area contributed by atoms with Crippen molar-refractivity contribution in [3.8, 4) is 33.6 Å². The molecule has 7 aromatic rings. The van der Waals surface area contributed by atoms with Gasteiger partial charge in [-0.15, -0.1) is 18.2 Å². The maximum atomic E-state index is 6.42. The first-order valence-electron chi connectivity index (χ1n) is 17.2. The zero-order valence-electron chi connectivity index (χ0n) is 28.5. The van der Waals surface area contributed by atoms with Crippen molar-refractivity contribution in [3.05, 3.63) is 139 Å². The van der Waals surface area contributed by atoms with Gasteiger partial charge in [0.2, 0.25) is 0 Å². The second kappa shape index (κ2) is 15.8. The monoisotopic (exact) mass is 881 g/mol. The van der Waals surface area contributed by atoms with Gasteiger partial charge in [-0.25, -0.2) is 0 Å². The Morgan fingerprint density at radius 1 is 0.714 bits per heavy atom. The van der Waals surface area contributed by atoms with Crippen LogP contribution in [0.5, 0.6) is 0 Å². The first-order valence-corrected chi connectivity index (χ1v) is 24.6. The molecule has 3 heterocycles. The van der Waals surface area contributed by atoms with Crippen LogP contribution in [-0.4, -0.2) is 23.2 Å². The number of aromatic nitrogens is 2. The Morgan fingerprint density at radius 2 is 1.53 bits per heavy atom. The minimum absolute atomic E-state index is 0. The number of furan rings is 1. The third-order valence-corrected chi connectivity index (χ3v) is 13.7. The Balaban J connectivity index is 0.000000208. The van der Waals surface area contributed by atoms with E-state index in [2.05, 4.69) is 107 Å². The molecule has 249 valence electrons. The molecule has 0 aliphatic heterocycles. The Morgan fingerprint density at radius 3 is 2.27 bits per heavy atom. The van der Waals surface area contributed by atoms with E-state index in [4.69, 9.17) is 9.40 Å². The number of hydrogen-bond donors (Lipinski definition) is 0. The molecule has 0 amide bonds. The van der Waals surface area contributed by atoms with Gasteiger partial charge in [0.1, 0.15) is 5.58 Å². The molecule has 0 bridgehead atoms. The molecule has 3 nitrogen and oxygen atoms in total. The Kier molecular flexibility index (Phi) is 11.3. The fraction of sp³-hybridized carbons (Fsp3) is 0.227. The molecule has 0 saturated heterocycles. The number of rotatable bonds is 6. The van der Waals surface area contributed by atoms with Gasteiger partial charge >= 0.3 is 99.8 Å². The molecule has 1 aliphatic carbocycles. The van der Waals surface area contributed by atoms with Crippen LogP contribution in [0.4, 0.5) is 0 Å². The van der Waals surface area contributed by atoms with Crippen LogP contribution in [0.25, 0.3) is 55.6 Å². The van der Waals surface area contributed by atoms with Crippen molar-refractivity contribution in [2.24, 2.45) is 5.92 Å². The quantitative estimate of drug-likeness (QED) is 0.123. The second-order valence-corrected chi connectivity index (χ2v) is 24.6. The zero-order valence-corrected chi connectivity index (χ0v) is 33.0. The molecule has 1 saturated carbocycles. The summed E-state index contributed by atoms with van der Waals surface area (Å²) in [6.45, 7) is 0. The normalized spacial score (nSPS) is 13.4. The number of fused-ring (bicyclic) bond motifs is 3. The number of hydrogen-bond acceptors (Lipinski definition) is 3. The van der Waals surface area contributed by atoms with Crippen LogP contribution in [0.2, 0.25) is 17.3 Å². The van der Waals surface area contributed by atoms with Crippen LogP contribution in [0.1, 0.15) is 37.7 Å². The van der Waals surface area contributed by atoms with Crippen molar-refractivity contribution < 1.29 is 24.5 Å². The van der Waals surface area contributed by atoms with Crippen molar-refractivity contribution in [1.29, 1.82) is 0 Å². The SMILES string of the molecule is [CH3][Ge]([CH3])([CH3])[c]1ccc(-c2[c-]cccc2)nc1.[Ir].[c-]1ccc2c(oc3cc(-c4ccccc4)ccc32)c1-c1cc(CC2CCCCC2)ccn1. The Labute approximate surface area is 306 Å². The van der Waals surface area contributed by atoms with Gasteiger partial charge in [-0.1, -0.05) is 97.1 Å². The third kappa shape index (κ3) is 8.32. The Bertz CT molecular complexity index is 2110. The van der Waals surface area contributed by atoms with E-state index in [0.29, 0.717) is 0 Å². The molecular weight excluding hydrogens is 837 g/mol. The van der Waals surface area contributed by atoms with E-state index in [1.54, 1.807) is 0 Å². The fourth-order valence-electron chi connectivity index (χ4n) is 6.75. The first kappa shape index (κ1) is 35.0. The van der Waals surface area contributed by atoms with Crippen molar-refractivity contribution >= 4 is 39.6 Å². The van der Waals surface area contributed by atoms with Gasteiger partial charge in [-0.05, 0) is 41.3 Å². The van der Waals surface area contributed by atoms with E-state index >= 15 is 0 Å². The van der Waals surface area contributed by atoms with E-state index in [1.165, 1.54) is 47.6 Å². The average Bonchev–Trinajstić information content (AvgIpc) is 3.51. The van der Waals surface area contributed by atoms with E-state index in [0.717, 1.165) is 62.4 Å². The van der Waals surface area contributed by atoms with E-state index < -0.39 is 13.3 Å². The van der Waals surface area contributed by atoms with Crippen LogP contribution in [0, 0.1) is 18.1 Å². The number of nitrogens with zero attached hydrogens (tertiary/aromatic N) is 2. The third-order valence-electron chi connectivity index (χ3n) is 9.48. The van der Waals surface area contributed by atoms with Gasteiger partial charge < -0.3 is 9.40 Å². The predicted molar refractivity (Wildman–Crippen MR) is 203 cm³/mol. The second-order valence-electron chi connectivity index (χ2n) is 14.0. The van der Waals surface area contributed by atoms with Crippen molar-refractivity contribution in [1.82, 2.24) is 9.97 Å². The van der Waals surface area contributed by atoms with Crippen LogP contribution in [0.3, 0.4) is 0 Å². The van der Waals surface area contributed by atoms with E-state index in [1.807, 2.05) is 48.8 Å². The van der Waals surface area contributed by atoms with Crippen molar-refractivity contribution in [2.75, 3.05) is 0 Å². The zero-order chi connectivity index (χ0) is 32.9. The van der Waals surface area contributed by atoms with Gasteiger partial charge in [0.05, 0.1) is 5.58 Å². The van der Waals surface area contributed by atoms with Crippen molar-refractivity contribution in [2.45, 2.75) is 55.8 Å². The molecule has 0 atom stereocenters. The molecule has 0 unspecified atom stereocenters. The van der Waals surface area contributed by atoms with Gasteiger partial charge in [0.15, 0.2) is 0 Å². The largest absolute Gasteiger partial charge is 0.501 e. The van der Waals surface area contributed by atoms with Crippen LogP contribution < -0.4 is 4.40 Å². The van der Waals surface area contributed by atoms with Crippen molar-refractivity contribution in [3.63, 3.8) is 0 Å². The molecule has 1 aliphatic rings. The maximum Gasteiger partial charge on any atom is 0.121 e. The van der Waals surface area contributed by atoms with Gasteiger partial charge in [-0.3, -0.25) is 0 Å². The fourth-order valence-corrected chi connectivity index (χ4v) is 8.93. The summed E-state index contributed by atoms with van der Waals surface area (Å²) in [4.78, 5) is 9.23. The standard InChI is InChI=1S/C30H26NO.C14H16GeN.Ir/c1-3-8-21(9-4-1)18-22-16-17-31-28(19-22)27-13-7-12-26-25-15-14-24(20-29(25)32-30(26)27)23-10-5-2-6-11-23;1-15(2,3)13-9-10-14(16-11-13)12-7-5-4-6-8-12;/h2,5-7,10-12,14-17,19-21H,1,3-4,8-9,18H2;4-7,9-11H,1-3H3;/q2*-1;. The smallest absolute Gasteiger partial charge is 0.121 e. The molecule has 0 N–H and O–H groups in total. The summed E-state index contributed by atoms with van der Waals surface area (Å²) in [6.07, 6.45) is 12.0. The summed E-state index contributed by atoms with van der Waals surface area (Å²) in [6, 6.07) is 44.3. The first-order chi connectivity index (χ1) is 23.4. The van der Waals surface area contributed by atoms with Crippen LogP contribution in [0.15, 0.2) is 126 Å². The molecule has 3 aromatic heterocycles. The number of pyridine rings is 2. The molecule has 1 radical (unpaired) electrons. The molecular formula is C44H42GeIrN2O-2. The molecule has 4 aromatic carbocycles. The van der Waals surface area contributed by atoms with E-state index in [9.17, 15) is 0 Å². The van der Waals surface area contributed by atoms with E-state index in [-0.39, 0.29) is 20.1 Å². The summed E-state index contributed by atoms with van der Waals surface area (Å²) < 4.78 is 7.86. The minimum atomic E-state index is -1.72. The van der Waals surface area contributed by atoms with Crippen LogP contribution >= 0.6 is 0 Å². The summed E-state index contributed by atoms with van der Waals surface area (Å²) in [5, 5.41) is 2.25. The molecule has 49 heavy (non-hydrogen) atoms. The summed E-state index contributed by atoms with van der Waals surface area (Å²) in [7, 11) is 0. The van der Waals surface area contributed by atoms with Gasteiger partial charge in [0.25, 0.3) is 0 Å². The average molecular weight is 880 g/mol. The van der Waals surface area contributed by atoms with Gasteiger partial charge in [-0.2, -0.15) is 0 Å². The topological polar surface area (TPSA) is 38.9 Å². The summed E-state index contributed by atoms with van der Waals surface area (Å²) >= 11 is -1.72. The molecule has 0 spiro atoms. The maximum absolute atomic E-state index is 6.42. The van der Waals surface area contributed by atoms with Crippen LogP contribution in [-0.2, 0) is 26.5 Å². The molecule has 5 heteroatoms. The predicted octanol–water partition coefficient (Wildman–Crippen LogP) is 11.3. The summed E-state index contributed by atoms with van der Waals surface area (Å²) in [5.74, 6) is 7.95. The number of benzene rings is 4. The Hall–Kier alpha value is -3.83. The summed E-state index contributed by atoms with van der Waals surface area (Å²) in [5.41, 5.74) is 9.47. The molecule has 1 fully saturated rings. The minimum Gasteiger partial charge on any atom is -0.501 e.